The molecule has 1 aliphatic heterocycles. The Morgan fingerprint density at radius 3 is 3.00 bits per heavy atom. The minimum absolute atomic E-state index is 0. The average molecular weight is 247 g/mol. The van der Waals surface area contributed by atoms with E-state index in [9.17, 15) is 0 Å². The van der Waals surface area contributed by atoms with E-state index < -0.39 is 0 Å². The lowest BCUT2D eigenvalue weighted by Gasteiger charge is -2.09. The lowest BCUT2D eigenvalue weighted by atomic mass is 10.2. The van der Waals surface area contributed by atoms with E-state index in [0.717, 1.165) is 19.7 Å². The van der Waals surface area contributed by atoms with Gasteiger partial charge in [0.2, 0.25) is 0 Å². The fourth-order valence-electron chi connectivity index (χ4n) is 1.74. The van der Waals surface area contributed by atoms with Crippen LogP contribution in [0.25, 0.3) is 0 Å². The number of ether oxygens (including phenoxy) is 1. The van der Waals surface area contributed by atoms with Crippen LogP contribution in [0.3, 0.4) is 0 Å². The highest BCUT2D eigenvalue weighted by Gasteiger charge is 2.14. The first kappa shape index (κ1) is 13.0. The SMILES string of the molecule is Cc1ccc(CNCC2CCCO2)s1.[Cl-]. The third-order valence-corrected chi connectivity index (χ3v) is 3.49. The molecule has 2 rings (SSSR count). The lowest BCUT2D eigenvalue weighted by Crippen LogP contribution is -3.00. The molecule has 0 aromatic carbocycles. The molecule has 15 heavy (non-hydrogen) atoms. The molecule has 0 saturated carbocycles. The standard InChI is InChI=1S/C11H17NOS.ClH/c1-9-4-5-11(14-9)8-12-7-10-3-2-6-13-10;/h4-5,10,12H,2-3,6-8H2,1H3;1H/p-1. The minimum Gasteiger partial charge on any atom is -1.00 e. The normalized spacial score (nSPS) is 20.2. The van der Waals surface area contributed by atoms with Gasteiger partial charge in [-0.05, 0) is 31.9 Å². The van der Waals surface area contributed by atoms with E-state index in [4.69, 9.17) is 4.74 Å². The molecule has 0 amide bonds. The molecule has 1 fully saturated rings. The fourth-order valence-corrected chi connectivity index (χ4v) is 2.60. The Kier molecular flexibility index (Phi) is 5.61. The van der Waals surface area contributed by atoms with Crippen molar-refractivity contribution in [3.8, 4) is 0 Å². The van der Waals surface area contributed by atoms with E-state index in [2.05, 4.69) is 24.4 Å². The van der Waals surface area contributed by atoms with E-state index in [-0.39, 0.29) is 12.4 Å². The number of thiophene rings is 1. The molecule has 1 aromatic heterocycles. The van der Waals surface area contributed by atoms with Gasteiger partial charge in [-0.15, -0.1) is 11.3 Å². The van der Waals surface area contributed by atoms with Gasteiger partial charge >= 0.3 is 0 Å². The van der Waals surface area contributed by atoms with Gasteiger partial charge in [0.25, 0.3) is 0 Å². The first-order valence-corrected chi connectivity index (χ1v) is 6.04. The van der Waals surface area contributed by atoms with Gasteiger partial charge in [0.05, 0.1) is 6.10 Å². The van der Waals surface area contributed by atoms with Gasteiger partial charge in [-0.25, -0.2) is 0 Å². The number of rotatable bonds is 4. The molecule has 86 valence electrons. The average Bonchev–Trinajstić information content (AvgIpc) is 2.77. The van der Waals surface area contributed by atoms with Crippen LogP contribution in [0, 0.1) is 6.92 Å². The van der Waals surface area contributed by atoms with Crippen molar-refractivity contribution in [2.75, 3.05) is 13.2 Å². The monoisotopic (exact) mass is 246 g/mol. The van der Waals surface area contributed by atoms with Gasteiger partial charge in [-0.3, -0.25) is 0 Å². The molecule has 2 nitrogen and oxygen atoms in total. The Morgan fingerprint density at radius 1 is 1.53 bits per heavy atom. The van der Waals surface area contributed by atoms with Gasteiger partial charge < -0.3 is 22.5 Å². The number of nitrogens with one attached hydrogen (secondary N) is 1. The van der Waals surface area contributed by atoms with Crippen molar-refractivity contribution < 1.29 is 17.1 Å². The molecule has 2 heterocycles. The predicted octanol–water partition coefficient (Wildman–Crippen LogP) is -0.671. The summed E-state index contributed by atoms with van der Waals surface area (Å²) >= 11 is 1.87. The van der Waals surface area contributed by atoms with Crippen molar-refractivity contribution in [2.45, 2.75) is 32.4 Å². The predicted molar refractivity (Wildman–Crippen MR) is 59.7 cm³/mol. The first-order chi connectivity index (χ1) is 6.84. The number of hydrogen-bond acceptors (Lipinski definition) is 3. The quantitative estimate of drug-likeness (QED) is 0.761. The Bertz CT molecular complexity index is 284. The van der Waals surface area contributed by atoms with Crippen LogP contribution in [0.5, 0.6) is 0 Å². The Balaban J connectivity index is 0.00000112. The topological polar surface area (TPSA) is 21.3 Å². The van der Waals surface area contributed by atoms with Crippen molar-refractivity contribution in [3.63, 3.8) is 0 Å². The highest BCUT2D eigenvalue weighted by molar-refractivity contribution is 7.11. The van der Waals surface area contributed by atoms with Crippen LogP contribution < -0.4 is 17.7 Å². The summed E-state index contributed by atoms with van der Waals surface area (Å²) in [7, 11) is 0. The zero-order chi connectivity index (χ0) is 9.80. The Morgan fingerprint density at radius 2 is 2.40 bits per heavy atom. The van der Waals surface area contributed by atoms with Crippen LogP contribution in [0.4, 0.5) is 0 Å². The fraction of sp³-hybridized carbons (Fsp3) is 0.636. The molecule has 1 aliphatic rings. The Hall–Kier alpha value is -0.0900. The van der Waals surface area contributed by atoms with E-state index in [1.54, 1.807) is 0 Å². The number of hydrogen-bond donors (Lipinski definition) is 1. The van der Waals surface area contributed by atoms with E-state index in [0.29, 0.717) is 6.10 Å². The smallest absolute Gasteiger partial charge is 0.0700 e. The lowest BCUT2D eigenvalue weighted by molar-refractivity contribution is -0.00000419. The van der Waals surface area contributed by atoms with E-state index >= 15 is 0 Å². The van der Waals surface area contributed by atoms with Gasteiger partial charge in [-0.1, -0.05) is 0 Å². The van der Waals surface area contributed by atoms with E-state index in [1.165, 1.54) is 22.6 Å². The molecule has 0 radical (unpaired) electrons. The third kappa shape index (κ3) is 4.11. The second kappa shape index (κ2) is 6.48. The maximum atomic E-state index is 5.54. The molecule has 1 saturated heterocycles. The van der Waals surface area contributed by atoms with Crippen LogP contribution in [0.2, 0.25) is 0 Å². The Labute approximate surface area is 101 Å². The van der Waals surface area contributed by atoms with Crippen molar-refractivity contribution >= 4 is 11.3 Å². The number of halogens is 1. The van der Waals surface area contributed by atoms with Crippen LogP contribution in [-0.4, -0.2) is 19.3 Å². The molecular formula is C11H17ClNOS-. The minimum atomic E-state index is 0. The van der Waals surface area contributed by atoms with Gasteiger partial charge in [0.1, 0.15) is 0 Å². The second-order valence-electron chi connectivity index (χ2n) is 3.78. The van der Waals surface area contributed by atoms with Gasteiger partial charge in [0, 0.05) is 29.5 Å². The van der Waals surface area contributed by atoms with Crippen molar-refractivity contribution in [3.05, 3.63) is 21.9 Å². The number of aryl methyl sites for hydroxylation is 1. The van der Waals surface area contributed by atoms with Crippen LogP contribution in [0.15, 0.2) is 12.1 Å². The molecule has 0 spiro atoms. The largest absolute Gasteiger partial charge is 1.00 e. The third-order valence-electron chi connectivity index (χ3n) is 2.49. The van der Waals surface area contributed by atoms with Crippen LogP contribution >= 0.6 is 11.3 Å². The van der Waals surface area contributed by atoms with Crippen LogP contribution in [0.1, 0.15) is 22.6 Å². The van der Waals surface area contributed by atoms with E-state index in [1.807, 2.05) is 11.3 Å². The summed E-state index contributed by atoms with van der Waals surface area (Å²) in [5.41, 5.74) is 0. The maximum Gasteiger partial charge on any atom is 0.0700 e. The summed E-state index contributed by atoms with van der Waals surface area (Å²) in [5, 5.41) is 3.44. The highest BCUT2D eigenvalue weighted by atomic mass is 35.5. The molecule has 0 aliphatic carbocycles. The van der Waals surface area contributed by atoms with Gasteiger partial charge in [-0.2, -0.15) is 0 Å². The summed E-state index contributed by atoms with van der Waals surface area (Å²) in [6, 6.07) is 4.37. The molecule has 1 N–H and O–H groups in total. The molecule has 4 heteroatoms. The van der Waals surface area contributed by atoms with Gasteiger partial charge in [0.15, 0.2) is 0 Å². The first-order valence-electron chi connectivity index (χ1n) is 5.22. The zero-order valence-corrected chi connectivity index (χ0v) is 10.5. The summed E-state index contributed by atoms with van der Waals surface area (Å²) in [4.78, 5) is 2.81. The summed E-state index contributed by atoms with van der Waals surface area (Å²) < 4.78 is 5.54. The van der Waals surface area contributed by atoms with Crippen molar-refractivity contribution in [1.82, 2.24) is 5.32 Å². The molecule has 1 unspecified atom stereocenters. The maximum absolute atomic E-state index is 5.54. The second-order valence-corrected chi connectivity index (χ2v) is 5.15. The van der Waals surface area contributed by atoms with Crippen LogP contribution in [-0.2, 0) is 11.3 Å². The zero-order valence-electron chi connectivity index (χ0n) is 8.96. The molecule has 1 atom stereocenters. The highest BCUT2D eigenvalue weighted by Crippen LogP contribution is 2.15. The molecule has 0 bridgehead atoms. The summed E-state index contributed by atoms with van der Waals surface area (Å²) in [6.45, 7) is 5.08. The summed E-state index contributed by atoms with van der Waals surface area (Å²) in [5.74, 6) is 0. The van der Waals surface area contributed by atoms with Crippen molar-refractivity contribution in [1.29, 1.82) is 0 Å². The molecular weight excluding hydrogens is 230 g/mol. The summed E-state index contributed by atoms with van der Waals surface area (Å²) in [6.07, 6.45) is 2.90. The molecule has 1 aromatic rings. The van der Waals surface area contributed by atoms with Crippen molar-refractivity contribution in [2.24, 2.45) is 0 Å².